The molecule has 1 saturated heterocycles. The predicted octanol–water partition coefficient (Wildman–Crippen LogP) is 4.43. The van der Waals surface area contributed by atoms with E-state index in [1.807, 2.05) is 23.1 Å². The number of nitrogens with one attached hydrogen (secondary N) is 1. The Kier molecular flexibility index (Phi) is 10.2. The largest absolute Gasteiger partial charge is 0.352 e. The highest BCUT2D eigenvalue weighted by atomic mass is 16.2. The fourth-order valence-corrected chi connectivity index (χ4v) is 5.03. The molecule has 0 radical (unpaired) electrons. The highest BCUT2D eigenvalue weighted by Gasteiger charge is 2.21. The van der Waals surface area contributed by atoms with Crippen LogP contribution in [-0.2, 0) is 11.3 Å². The molecule has 3 rings (SSSR count). The number of carbonyl (C=O) groups excluding carboxylic acids is 2. The Hall–Kier alpha value is -1.92. The molecule has 0 atom stereocenters. The Morgan fingerprint density at radius 1 is 0.939 bits per heavy atom. The van der Waals surface area contributed by atoms with E-state index in [2.05, 4.69) is 29.0 Å². The first kappa shape index (κ1) is 25.7. The van der Waals surface area contributed by atoms with Crippen LogP contribution < -0.4 is 10.2 Å². The van der Waals surface area contributed by atoms with E-state index in [0.717, 1.165) is 56.7 Å². The second kappa shape index (κ2) is 13.1. The standard InChI is InChI=1S/C27H44N4O2/c1-22(2)30-18-7-5-4-6-8-19-31(23(3)32)26-13-12-24(20-25(26)21-30)27(33)28-14-11-17-29-15-9-10-16-29/h12-13,20,22H,4-11,14-19,21H2,1-3H3,(H,28,33). The number of hydrogen-bond acceptors (Lipinski definition) is 4. The number of rotatable bonds is 6. The maximum absolute atomic E-state index is 12.9. The average Bonchev–Trinajstić information content (AvgIpc) is 3.30. The first-order valence-corrected chi connectivity index (χ1v) is 13.1. The summed E-state index contributed by atoms with van der Waals surface area (Å²) in [5.41, 5.74) is 2.72. The number of benzene rings is 1. The zero-order valence-electron chi connectivity index (χ0n) is 21.1. The smallest absolute Gasteiger partial charge is 0.251 e. The maximum atomic E-state index is 12.9. The first-order chi connectivity index (χ1) is 16.0. The van der Waals surface area contributed by atoms with Gasteiger partial charge in [0, 0.05) is 43.9 Å². The second-order valence-corrected chi connectivity index (χ2v) is 10.0. The van der Waals surface area contributed by atoms with Crippen molar-refractivity contribution in [3.63, 3.8) is 0 Å². The normalized spacial score (nSPS) is 19.1. The number of nitrogens with zero attached hydrogens (tertiary/aromatic N) is 3. The summed E-state index contributed by atoms with van der Waals surface area (Å²) in [4.78, 5) is 32.3. The van der Waals surface area contributed by atoms with E-state index < -0.39 is 0 Å². The molecule has 0 aromatic heterocycles. The third-order valence-corrected chi connectivity index (χ3v) is 7.08. The molecule has 1 aromatic carbocycles. The lowest BCUT2D eigenvalue weighted by Crippen LogP contribution is -2.35. The van der Waals surface area contributed by atoms with E-state index in [4.69, 9.17) is 0 Å². The molecule has 1 fully saturated rings. The summed E-state index contributed by atoms with van der Waals surface area (Å²) in [6, 6.07) is 6.30. The van der Waals surface area contributed by atoms with Gasteiger partial charge < -0.3 is 15.1 Å². The molecule has 2 aliphatic rings. The summed E-state index contributed by atoms with van der Waals surface area (Å²) in [6.07, 6.45) is 9.40. The molecule has 0 spiro atoms. The number of anilines is 1. The number of hydrogen-bond donors (Lipinski definition) is 1. The number of carbonyl (C=O) groups is 2. The third-order valence-electron chi connectivity index (χ3n) is 7.08. The van der Waals surface area contributed by atoms with Crippen LogP contribution in [0.1, 0.15) is 88.1 Å². The van der Waals surface area contributed by atoms with Crippen LogP contribution >= 0.6 is 0 Å². The van der Waals surface area contributed by atoms with Gasteiger partial charge in [0.2, 0.25) is 5.91 Å². The predicted molar refractivity (Wildman–Crippen MR) is 136 cm³/mol. The molecule has 2 amide bonds. The van der Waals surface area contributed by atoms with E-state index in [1.54, 1.807) is 6.92 Å². The van der Waals surface area contributed by atoms with Gasteiger partial charge in [-0.25, -0.2) is 0 Å². The Bertz CT molecular complexity index is 773. The van der Waals surface area contributed by atoms with Crippen LogP contribution in [0.4, 0.5) is 5.69 Å². The zero-order chi connectivity index (χ0) is 23.6. The monoisotopic (exact) mass is 456 g/mol. The maximum Gasteiger partial charge on any atom is 0.251 e. The molecular weight excluding hydrogens is 412 g/mol. The summed E-state index contributed by atoms with van der Waals surface area (Å²) in [7, 11) is 0. The summed E-state index contributed by atoms with van der Waals surface area (Å²) < 4.78 is 0. The minimum absolute atomic E-state index is 0.0178. The molecular formula is C27H44N4O2. The van der Waals surface area contributed by atoms with E-state index in [-0.39, 0.29) is 11.8 Å². The van der Waals surface area contributed by atoms with Crippen LogP contribution in [0.5, 0.6) is 0 Å². The van der Waals surface area contributed by atoms with Gasteiger partial charge in [0.05, 0.1) is 0 Å². The summed E-state index contributed by atoms with van der Waals surface area (Å²) in [5.74, 6) is 0.0549. The lowest BCUT2D eigenvalue weighted by Gasteiger charge is -2.31. The van der Waals surface area contributed by atoms with Crippen molar-refractivity contribution in [1.29, 1.82) is 0 Å². The summed E-state index contributed by atoms with van der Waals surface area (Å²) >= 11 is 0. The fourth-order valence-electron chi connectivity index (χ4n) is 5.03. The minimum Gasteiger partial charge on any atom is -0.352 e. The molecule has 0 aliphatic carbocycles. The van der Waals surface area contributed by atoms with Gasteiger partial charge in [-0.15, -0.1) is 0 Å². The van der Waals surface area contributed by atoms with Crippen molar-refractivity contribution in [2.75, 3.05) is 44.2 Å². The molecule has 33 heavy (non-hydrogen) atoms. The van der Waals surface area contributed by atoms with Gasteiger partial charge in [0.15, 0.2) is 0 Å². The number of likely N-dealkylation sites (tertiary alicyclic amines) is 1. The van der Waals surface area contributed by atoms with Crippen LogP contribution in [0.15, 0.2) is 18.2 Å². The van der Waals surface area contributed by atoms with Crippen LogP contribution in [0, 0.1) is 0 Å². The van der Waals surface area contributed by atoms with Gasteiger partial charge in [0.1, 0.15) is 0 Å². The lowest BCUT2D eigenvalue weighted by molar-refractivity contribution is -0.116. The van der Waals surface area contributed by atoms with Crippen LogP contribution in [-0.4, -0.2) is 66.9 Å². The minimum atomic E-state index is -0.0178. The Morgan fingerprint density at radius 3 is 2.30 bits per heavy atom. The second-order valence-electron chi connectivity index (χ2n) is 10.0. The van der Waals surface area contributed by atoms with Crippen molar-refractivity contribution in [2.45, 2.75) is 84.7 Å². The lowest BCUT2D eigenvalue weighted by atomic mass is 10.0. The SMILES string of the molecule is CC(=O)N1CCCCCCCN(C(C)C)Cc2cc(C(=O)NCCCN3CCCC3)ccc21. The molecule has 0 bridgehead atoms. The van der Waals surface area contributed by atoms with E-state index in [0.29, 0.717) is 18.2 Å². The van der Waals surface area contributed by atoms with Crippen molar-refractivity contribution < 1.29 is 9.59 Å². The average molecular weight is 457 g/mol. The topological polar surface area (TPSA) is 55.9 Å². The Labute approximate surface area is 200 Å². The van der Waals surface area contributed by atoms with Crippen LogP contribution in [0.25, 0.3) is 0 Å². The molecule has 1 N–H and O–H groups in total. The van der Waals surface area contributed by atoms with Crippen molar-refractivity contribution in [2.24, 2.45) is 0 Å². The highest BCUT2D eigenvalue weighted by Crippen LogP contribution is 2.26. The molecule has 2 heterocycles. The third kappa shape index (κ3) is 7.82. The van der Waals surface area contributed by atoms with Crippen molar-refractivity contribution >= 4 is 17.5 Å². The molecule has 0 saturated carbocycles. The van der Waals surface area contributed by atoms with Gasteiger partial charge in [-0.2, -0.15) is 0 Å². The summed E-state index contributed by atoms with van der Waals surface area (Å²) in [5, 5.41) is 3.11. The van der Waals surface area contributed by atoms with Crippen molar-refractivity contribution in [3.05, 3.63) is 29.3 Å². The Balaban J connectivity index is 1.75. The Morgan fingerprint density at radius 2 is 1.61 bits per heavy atom. The van der Waals surface area contributed by atoms with Crippen molar-refractivity contribution in [1.82, 2.24) is 15.1 Å². The van der Waals surface area contributed by atoms with Crippen LogP contribution in [0.2, 0.25) is 0 Å². The highest BCUT2D eigenvalue weighted by molar-refractivity contribution is 5.97. The van der Waals surface area contributed by atoms with Gasteiger partial charge in [0.25, 0.3) is 5.91 Å². The van der Waals surface area contributed by atoms with Gasteiger partial charge in [-0.3, -0.25) is 14.5 Å². The van der Waals surface area contributed by atoms with Gasteiger partial charge in [-0.1, -0.05) is 19.3 Å². The van der Waals surface area contributed by atoms with Gasteiger partial charge >= 0.3 is 0 Å². The van der Waals surface area contributed by atoms with Gasteiger partial charge in [-0.05, 0) is 95.9 Å². The number of amides is 2. The van der Waals surface area contributed by atoms with E-state index in [9.17, 15) is 9.59 Å². The quantitative estimate of drug-likeness (QED) is 0.644. The van der Waals surface area contributed by atoms with Crippen molar-refractivity contribution in [3.8, 4) is 0 Å². The summed E-state index contributed by atoms with van der Waals surface area (Å²) in [6.45, 7) is 12.8. The first-order valence-electron chi connectivity index (χ1n) is 13.1. The zero-order valence-corrected chi connectivity index (χ0v) is 21.1. The molecule has 2 aliphatic heterocycles. The fraction of sp³-hybridized carbons (Fsp3) is 0.704. The van der Waals surface area contributed by atoms with E-state index in [1.165, 1.54) is 45.2 Å². The molecule has 184 valence electrons. The molecule has 1 aromatic rings. The number of fused-ring (bicyclic) bond motifs is 1. The molecule has 0 unspecified atom stereocenters. The van der Waals surface area contributed by atoms with E-state index >= 15 is 0 Å². The molecule has 6 nitrogen and oxygen atoms in total. The molecule has 6 heteroatoms. The van der Waals surface area contributed by atoms with Crippen LogP contribution in [0.3, 0.4) is 0 Å².